The molecule has 0 bridgehead atoms. The number of ether oxygens (including phenoxy) is 1. The Bertz CT molecular complexity index is 1020. The molecule has 0 aliphatic heterocycles. The number of hydrogen-bond donors (Lipinski definition) is 2. The highest BCUT2D eigenvalue weighted by Gasteiger charge is 2.15. The third-order valence-electron chi connectivity index (χ3n) is 4.02. The maximum atomic E-state index is 12.6. The number of methoxy groups -OCH3 is 1. The number of amides is 2. The van der Waals surface area contributed by atoms with Crippen LogP contribution in [0.2, 0.25) is 5.02 Å². The molecule has 2 amide bonds. The summed E-state index contributed by atoms with van der Waals surface area (Å²) in [5.74, 6) is -0.329. The van der Waals surface area contributed by atoms with Crippen LogP contribution in [-0.2, 0) is 0 Å². The highest BCUT2D eigenvalue weighted by Crippen LogP contribution is 2.31. The first-order valence-electron chi connectivity index (χ1n) is 8.45. The van der Waals surface area contributed by atoms with Crippen LogP contribution in [0.3, 0.4) is 0 Å². The highest BCUT2D eigenvalue weighted by atomic mass is 35.5. The second-order valence-corrected chi connectivity index (χ2v) is 6.45. The molecule has 0 aliphatic rings. The molecule has 2 N–H and O–H groups in total. The molecule has 7 heteroatoms. The number of anilines is 2. The van der Waals surface area contributed by atoms with Crippen LogP contribution in [0.25, 0.3) is 0 Å². The molecule has 0 fully saturated rings. The van der Waals surface area contributed by atoms with Crippen molar-refractivity contribution < 1.29 is 14.3 Å². The number of pyridine rings is 1. The Morgan fingerprint density at radius 3 is 2.25 bits per heavy atom. The molecule has 0 unspecified atom stereocenters. The van der Waals surface area contributed by atoms with Crippen LogP contribution in [0.1, 0.15) is 26.3 Å². The van der Waals surface area contributed by atoms with E-state index in [2.05, 4.69) is 15.6 Å². The van der Waals surface area contributed by atoms with Crippen molar-refractivity contribution in [1.82, 2.24) is 4.98 Å². The molecule has 142 valence electrons. The molecule has 3 aromatic rings. The molecule has 0 radical (unpaired) electrons. The van der Waals surface area contributed by atoms with Gasteiger partial charge >= 0.3 is 0 Å². The number of hydrogen-bond acceptors (Lipinski definition) is 4. The van der Waals surface area contributed by atoms with E-state index in [4.69, 9.17) is 16.3 Å². The lowest BCUT2D eigenvalue weighted by Crippen LogP contribution is -2.16. The van der Waals surface area contributed by atoms with Crippen LogP contribution >= 0.6 is 11.6 Å². The van der Waals surface area contributed by atoms with Gasteiger partial charge in [0, 0.05) is 29.2 Å². The summed E-state index contributed by atoms with van der Waals surface area (Å²) < 4.78 is 5.27. The van der Waals surface area contributed by atoms with E-state index < -0.39 is 5.91 Å². The molecule has 1 heterocycles. The predicted octanol–water partition coefficient (Wildman–Crippen LogP) is 4.56. The standard InChI is InChI=1S/C21H18ClN3O3/c1-13-8-18(19(28-2)10-17(13)22)25-21(27)15-9-14(11-23-12-15)20(26)24-16-6-4-3-5-7-16/h3-12H,1-2H3,(H,24,26)(H,25,27). The Morgan fingerprint density at radius 2 is 1.61 bits per heavy atom. The van der Waals surface area contributed by atoms with Gasteiger partial charge in [0.2, 0.25) is 0 Å². The molecular formula is C21H18ClN3O3. The fourth-order valence-corrected chi connectivity index (χ4v) is 2.69. The lowest BCUT2D eigenvalue weighted by Gasteiger charge is -2.12. The number of carbonyl (C=O) groups is 2. The van der Waals surface area contributed by atoms with Crippen LogP contribution in [0.15, 0.2) is 60.9 Å². The first kappa shape index (κ1) is 19.4. The summed E-state index contributed by atoms with van der Waals surface area (Å²) in [6.45, 7) is 1.83. The first-order valence-corrected chi connectivity index (χ1v) is 8.82. The number of nitrogens with one attached hydrogen (secondary N) is 2. The third kappa shape index (κ3) is 4.47. The molecule has 0 saturated heterocycles. The van der Waals surface area contributed by atoms with Crippen molar-refractivity contribution in [3.63, 3.8) is 0 Å². The van der Waals surface area contributed by atoms with E-state index in [9.17, 15) is 9.59 Å². The van der Waals surface area contributed by atoms with Crippen LogP contribution in [-0.4, -0.2) is 23.9 Å². The summed E-state index contributed by atoms with van der Waals surface area (Å²) >= 11 is 6.09. The smallest absolute Gasteiger partial charge is 0.257 e. The van der Waals surface area contributed by atoms with Gasteiger partial charge in [0.25, 0.3) is 11.8 Å². The van der Waals surface area contributed by atoms with Gasteiger partial charge in [0.1, 0.15) is 5.75 Å². The normalized spacial score (nSPS) is 10.2. The average molecular weight is 396 g/mol. The summed E-state index contributed by atoms with van der Waals surface area (Å²) in [6, 6.07) is 13.9. The van der Waals surface area contributed by atoms with E-state index in [-0.39, 0.29) is 17.0 Å². The van der Waals surface area contributed by atoms with Crippen molar-refractivity contribution in [2.24, 2.45) is 0 Å². The number of rotatable bonds is 5. The van der Waals surface area contributed by atoms with E-state index in [1.807, 2.05) is 25.1 Å². The van der Waals surface area contributed by atoms with Gasteiger partial charge in [0.05, 0.1) is 23.9 Å². The number of aromatic nitrogens is 1. The molecule has 2 aromatic carbocycles. The van der Waals surface area contributed by atoms with E-state index in [1.54, 1.807) is 24.3 Å². The lowest BCUT2D eigenvalue weighted by molar-refractivity contribution is 0.102. The second-order valence-electron chi connectivity index (χ2n) is 6.04. The number of nitrogens with zero attached hydrogens (tertiary/aromatic N) is 1. The van der Waals surface area contributed by atoms with Gasteiger partial charge < -0.3 is 15.4 Å². The van der Waals surface area contributed by atoms with Gasteiger partial charge in [0.15, 0.2) is 0 Å². The van der Waals surface area contributed by atoms with Gasteiger partial charge in [-0.25, -0.2) is 0 Å². The third-order valence-corrected chi connectivity index (χ3v) is 4.43. The number of halogens is 1. The topological polar surface area (TPSA) is 80.3 Å². The van der Waals surface area contributed by atoms with E-state index >= 15 is 0 Å². The van der Waals surface area contributed by atoms with E-state index in [1.165, 1.54) is 25.6 Å². The fraction of sp³-hybridized carbons (Fsp3) is 0.0952. The zero-order chi connectivity index (χ0) is 20.1. The molecular weight excluding hydrogens is 378 g/mol. The molecule has 0 spiro atoms. The molecule has 3 rings (SSSR count). The van der Waals surface area contributed by atoms with Crippen molar-refractivity contribution >= 4 is 34.8 Å². The number of benzene rings is 2. The van der Waals surface area contributed by atoms with Crippen molar-refractivity contribution in [1.29, 1.82) is 0 Å². The summed E-state index contributed by atoms with van der Waals surface area (Å²) in [4.78, 5) is 29.1. The molecule has 6 nitrogen and oxygen atoms in total. The van der Waals surface area contributed by atoms with Crippen LogP contribution in [0.5, 0.6) is 5.75 Å². The van der Waals surface area contributed by atoms with Crippen LogP contribution in [0.4, 0.5) is 11.4 Å². The SMILES string of the molecule is COc1cc(Cl)c(C)cc1NC(=O)c1cncc(C(=O)Nc2ccccc2)c1. The van der Waals surface area contributed by atoms with Crippen molar-refractivity contribution in [3.8, 4) is 5.75 Å². The number of para-hydroxylation sites is 1. The van der Waals surface area contributed by atoms with Crippen LogP contribution in [0, 0.1) is 6.92 Å². The first-order chi connectivity index (χ1) is 13.5. The van der Waals surface area contributed by atoms with Crippen molar-refractivity contribution in [2.75, 3.05) is 17.7 Å². The molecule has 0 saturated carbocycles. The van der Waals surface area contributed by atoms with E-state index in [0.29, 0.717) is 22.1 Å². The summed E-state index contributed by atoms with van der Waals surface area (Å²) in [7, 11) is 1.49. The highest BCUT2D eigenvalue weighted by molar-refractivity contribution is 6.31. The largest absolute Gasteiger partial charge is 0.495 e. The molecule has 1 aromatic heterocycles. The van der Waals surface area contributed by atoms with Crippen LogP contribution < -0.4 is 15.4 Å². The maximum absolute atomic E-state index is 12.6. The summed E-state index contributed by atoms with van der Waals surface area (Å²) in [6.07, 6.45) is 2.80. The lowest BCUT2D eigenvalue weighted by atomic mass is 10.1. The van der Waals surface area contributed by atoms with Gasteiger partial charge in [-0.2, -0.15) is 0 Å². The Kier molecular flexibility index (Phi) is 5.91. The Balaban J connectivity index is 1.79. The quantitative estimate of drug-likeness (QED) is 0.663. The zero-order valence-electron chi connectivity index (χ0n) is 15.3. The monoisotopic (exact) mass is 395 g/mol. The predicted molar refractivity (Wildman–Crippen MR) is 109 cm³/mol. The number of aryl methyl sites for hydroxylation is 1. The maximum Gasteiger partial charge on any atom is 0.257 e. The minimum atomic E-state index is -0.415. The zero-order valence-corrected chi connectivity index (χ0v) is 16.1. The number of carbonyl (C=O) groups excluding carboxylic acids is 2. The molecule has 0 aliphatic carbocycles. The van der Waals surface area contributed by atoms with Gasteiger partial charge in [-0.3, -0.25) is 14.6 Å². The fourth-order valence-electron chi connectivity index (χ4n) is 2.54. The summed E-state index contributed by atoms with van der Waals surface area (Å²) in [5.41, 5.74) is 2.45. The Morgan fingerprint density at radius 1 is 0.964 bits per heavy atom. The van der Waals surface area contributed by atoms with Crippen molar-refractivity contribution in [3.05, 3.63) is 82.6 Å². The summed E-state index contributed by atoms with van der Waals surface area (Å²) in [5, 5.41) is 6.07. The van der Waals surface area contributed by atoms with E-state index in [0.717, 1.165) is 5.56 Å². The molecule has 28 heavy (non-hydrogen) atoms. The Labute approximate surface area is 167 Å². The Hall–Kier alpha value is -3.38. The van der Waals surface area contributed by atoms with Gasteiger partial charge in [-0.1, -0.05) is 29.8 Å². The van der Waals surface area contributed by atoms with Gasteiger partial charge in [-0.15, -0.1) is 0 Å². The van der Waals surface area contributed by atoms with Gasteiger partial charge in [-0.05, 0) is 36.8 Å². The van der Waals surface area contributed by atoms with Crippen molar-refractivity contribution in [2.45, 2.75) is 6.92 Å². The second kappa shape index (κ2) is 8.54. The minimum Gasteiger partial charge on any atom is -0.495 e. The average Bonchev–Trinajstić information content (AvgIpc) is 2.71. The molecule has 0 atom stereocenters. The minimum absolute atomic E-state index is 0.246.